The number of carbonyl (C=O) groups excluding carboxylic acids is 2. The van der Waals surface area contributed by atoms with Crippen LogP contribution in [0.2, 0.25) is 0 Å². The summed E-state index contributed by atoms with van der Waals surface area (Å²) in [6.45, 7) is 4.26. The summed E-state index contributed by atoms with van der Waals surface area (Å²) in [7, 11) is 0. The van der Waals surface area contributed by atoms with E-state index in [1.165, 1.54) is 6.07 Å². The van der Waals surface area contributed by atoms with Crippen molar-refractivity contribution in [3.63, 3.8) is 0 Å². The highest BCUT2D eigenvalue weighted by Crippen LogP contribution is 2.24. The van der Waals surface area contributed by atoms with Crippen LogP contribution in [0, 0.1) is 17.6 Å². The van der Waals surface area contributed by atoms with Gasteiger partial charge in [-0.1, -0.05) is 6.92 Å². The summed E-state index contributed by atoms with van der Waals surface area (Å²) in [6, 6.07) is 10.1. The van der Waals surface area contributed by atoms with E-state index in [1.807, 2.05) is 12.1 Å². The minimum atomic E-state index is -1.10. The second kappa shape index (κ2) is 8.16. The van der Waals surface area contributed by atoms with Gasteiger partial charge in [-0.25, -0.2) is 8.78 Å². The smallest absolute Gasteiger partial charge is 0.314 e. The van der Waals surface area contributed by atoms with Gasteiger partial charge in [0, 0.05) is 36.2 Å². The van der Waals surface area contributed by atoms with Crippen molar-refractivity contribution < 1.29 is 18.4 Å². The summed E-state index contributed by atoms with van der Waals surface area (Å²) < 4.78 is 26.1. The second-order valence-electron chi connectivity index (χ2n) is 6.75. The predicted molar refractivity (Wildman–Crippen MR) is 101 cm³/mol. The van der Waals surface area contributed by atoms with Crippen molar-refractivity contribution >= 4 is 28.9 Å². The Hall–Kier alpha value is -2.96. The molecule has 0 atom stereocenters. The topological polar surface area (TPSA) is 61.4 Å². The largest absolute Gasteiger partial charge is 0.372 e. The normalized spacial score (nSPS) is 14.7. The summed E-state index contributed by atoms with van der Waals surface area (Å²) in [5.74, 6) is -3.24. The molecule has 0 bridgehead atoms. The lowest BCUT2D eigenvalue weighted by atomic mass is 9.99. The maximum Gasteiger partial charge on any atom is 0.314 e. The van der Waals surface area contributed by atoms with E-state index >= 15 is 0 Å². The molecular formula is C20H21F2N3O2. The van der Waals surface area contributed by atoms with Gasteiger partial charge in [0.05, 0.1) is 0 Å². The number of rotatable bonds is 3. The van der Waals surface area contributed by atoms with Gasteiger partial charge in [0.1, 0.15) is 0 Å². The van der Waals surface area contributed by atoms with Gasteiger partial charge in [-0.05, 0) is 55.2 Å². The molecule has 2 amide bonds. The van der Waals surface area contributed by atoms with Crippen molar-refractivity contribution in [2.75, 3.05) is 28.6 Å². The van der Waals surface area contributed by atoms with Gasteiger partial charge >= 0.3 is 11.8 Å². The highest BCUT2D eigenvalue weighted by atomic mass is 19.2. The second-order valence-corrected chi connectivity index (χ2v) is 6.75. The molecule has 27 heavy (non-hydrogen) atoms. The molecule has 2 aromatic carbocycles. The Morgan fingerprint density at radius 1 is 0.889 bits per heavy atom. The SMILES string of the molecule is CC1CCN(c2ccc(NC(=O)C(=O)Nc3ccc(F)c(F)c3)cc2)CC1. The zero-order valence-electron chi connectivity index (χ0n) is 15.0. The fraction of sp³-hybridized carbons (Fsp3) is 0.300. The Balaban J connectivity index is 1.56. The number of nitrogens with zero attached hydrogens (tertiary/aromatic N) is 1. The molecule has 0 radical (unpaired) electrons. The van der Waals surface area contributed by atoms with Crippen LogP contribution in [0.5, 0.6) is 0 Å². The lowest BCUT2D eigenvalue weighted by molar-refractivity contribution is -0.133. The summed E-state index contributed by atoms with van der Waals surface area (Å²) >= 11 is 0. The molecule has 0 aliphatic carbocycles. The van der Waals surface area contributed by atoms with Gasteiger partial charge in [0.25, 0.3) is 0 Å². The van der Waals surface area contributed by atoms with Gasteiger partial charge < -0.3 is 15.5 Å². The molecule has 142 valence electrons. The molecule has 1 heterocycles. The molecule has 1 aliphatic heterocycles. The van der Waals surface area contributed by atoms with Gasteiger partial charge in [0.2, 0.25) is 0 Å². The summed E-state index contributed by atoms with van der Waals surface area (Å²) in [5, 5.41) is 4.72. The van der Waals surface area contributed by atoms with E-state index in [2.05, 4.69) is 22.5 Å². The fourth-order valence-corrected chi connectivity index (χ4v) is 2.97. The third kappa shape index (κ3) is 4.81. The molecule has 0 saturated carbocycles. The summed E-state index contributed by atoms with van der Waals surface area (Å²) in [6.07, 6.45) is 2.31. The average molecular weight is 373 g/mol. The molecule has 1 saturated heterocycles. The number of carbonyl (C=O) groups is 2. The Kier molecular flexibility index (Phi) is 5.69. The average Bonchev–Trinajstić information content (AvgIpc) is 2.66. The van der Waals surface area contributed by atoms with Crippen molar-refractivity contribution in [1.29, 1.82) is 0 Å². The molecule has 3 rings (SSSR count). The first kappa shape index (κ1) is 18.8. The van der Waals surface area contributed by atoms with Crippen LogP contribution in [0.15, 0.2) is 42.5 Å². The van der Waals surface area contributed by atoms with Crippen LogP contribution in [0.25, 0.3) is 0 Å². The van der Waals surface area contributed by atoms with E-state index in [0.29, 0.717) is 5.69 Å². The lowest BCUT2D eigenvalue weighted by Crippen LogP contribution is -2.32. The molecule has 5 nitrogen and oxygen atoms in total. The number of anilines is 3. The highest BCUT2D eigenvalue weighted by Gasteiger charge is 2.17. The number of hydrogen-bond acceptors (Lipinski definition) is 3. The first-order valence-electron chi connectivity index (χ1n) is 8.85. The first-order chi connectivity index (χ1) is 12.9. The van der Waals surface area contributed by atoms with Gasteiger partial charge in [-0.15, -0.1) is 0 Å². The molecule has 0 unspecified atom stereocenters. The maximum absolute atomic E-state index is 13.2. The minimum Gasteiger partial charge on any atom is -0.372 e. The Bertz CT molecular complexity index is 832. The van der Waals surface area contributed by atoms with Gasteiger partial charge in [-0.3, -0.25) is 9.59 Å². The van der Waals surface area contributed by atoms with Crippen LogP contribution in [0.3, 0.4) is 0 Å². The molecule has 0 spiro atoms. The van der Waals surface area contributed by atoms with E-state index in [1.54, 1.807) is 12.1 Å². The molecule has 7 heteroatoms. The molecule has 1 aliphatic rings. The maximum atomic E-state index is 13.2. The van der Waals surface area contributed by atoms with Crippen molar-refractivity contribution in [2.45, 2.75) is 19.8 Å². The van der Waals surface area contributed by atoms with E-state index in [4.69, 9.17) is 0 Å². The Labute approximate surface area is 156 Å². The van der Waals surface area contributed by atoms with Crippen molar-refractivity contribution in [1.82, 2.24) is 0 Å². The van der Waals surface area contributed by atoms with Crippen LogP contribution in [0.1, 0.15) is 19.8 Å². The number of nitrogens with one attached hydrogen (secondary N) is 2. The Morgan fingerprint density at radius 2 is 1.44 bits per heavy atom. The van der Waals surface area contributed by atoms with Crippen LogP contribution in [0.4, 0.5) is 25.8 Å². The molecule has 0 aromatic heterocycles. The quantitative estimate of drug-likeness (QED) is 0.805. The Morgan fingerprint density at radius 3 is 2.04 bits per heavy atom. The van der Waals surface area contributed by atoms with Crippen LogP contribution >= 0.6 is 0 Å². The zero-order valence-corrected chi connectivity index (χ0v) is 15.0. The fourth-order valence-electron chi connectivity index (χ4n) is 2.97. The van der Waals surface area contributed by atoms with Crippen molar-refractivity contribution in [3.8, 4) is 0 Å². The first-order valence-corrected chi connectivity index (χ1v) is 8.85. The van der Waals surface area contributed by atoms with Crippen molar-refractivity contribution in [3.05, 3.63) is 54.1 Å². The standard InChI is InChI=1S/C20H21F2N3O2/c1-13-8-10-25(11-9-13)16-5-2-14(3-6-16)23-19(26)20(27)24-15-4-7-17(21)18(22)12-15/h2-7,12-13H,8-11H2,1H3,(H,23,26)(H,24,27). The van der Waals surface area contributed by atoms with Crippen LogP contribution in [-0.4, -0.2) is 24.9 Å². The van der Waals surface area contributed by atoms with Crippen LogP contribution in [-0.2, 0) is 9.59 Å². The van der Waals surface area contributed by atoms with E-state index < -0.39 is 23.4 Å². The van der Waals surface area contributed by atoms with E-state index in [0.717, 1.165) is 49.7 Å². The van der Waals surface area contributed by atoms with Crippen LogP contribution < -0.4 is 15.5 Å². The molecule has 1 fully saturated rings. The number of amides is 2. The number of halogens is 2. The predicted octanol–water partition coefficient (Wildman–Crippen LogP) is 3.78. The molecular weight excluding hydrogens is 352 g/mol. The monoisotopic (exact) mass is 373 g/mol. The highest BCUT2D eigenvalue weighted by molar-refractivity contribution is 6.43. The molecule has 2 N–H and O–H groups in total. The number of piperidine rings is 1. The number of hydrogen-bond donors (Lipinski definition) is 2. The number of benzene rings is 2. The molecule has 2 aromatic rings. The zero-order chi connectivity index (χ0) is 19.4. The van der Waals surface area contributed by atoms with E-state index in [9.17, 15) is 18.4 Å². The van der Waals surface area contributed by atoms with Crippen molar-refractivity contribution in [2.24, 2.45) is 5.92 Å². The third-order valence-corrected chi connectivity index (χ3v) is 4.66. The van der Waals surface area contributed by atoms with Gasteiger partial charge in [-0.2, -0.15) is 0 Å². The summed E-state index contributed by atoms with van der Waals surface area (Å²) in [4.78, 5) is 26.2. The van der Waals surface area contributed by atoms with E-state index in [-0.39, 0.29) is 5.69 Å². The third-order valence-electron chi connectivity index (χ3n) is 4.66. The lowest BCUT2D eigenvalue weighted by Gasteiger charge is -2.32. The minimum absolute atomic E-state index is 0.00345. The van der Waals surface area contributed by atoms with Gasteiger partial charge in [0.15, 0.2) is 11.6 Å². The summed E-state index contributed by atoms with van der Waals surface area (Å²) in [5.41, 5.74) is 1.56.